The maximum absolute atomic E-state index is 9.10. The van der Waals surface area contributed by atoms with E-state index in [0.717, 1.165) is 18.0 Å². The van der Waals surface area contributed by atoms with Crippen LogP contribution in [0.5, 0.6) is 0 Å². The Bertz CT molecular complexity index is 382. The van der Waals surface area contributed by atoms with E-state index in [-0.39, 0.29) is 6.61 Å². The zero-order chi connectivity index (χ0) is 14.4. The predicted octanol–water partition coefficient (Wildman–Crippen LogP) is 2.39. The van der Waals surface area contributed by atoms with Crippen molar-refractivity contribution >= 4 is 0 Å². The minimum Gasteiger partial charge on any atom is -0.392 e. The van der Waals surface area contributed by atoms with Crippen LogP contribution < -0.4 is 5.32 Å². The lowest BCUT2D eigenvalue weighted by Crippen LogP contribution is -2.39. The van der Waals surface area contributed by atoms with E-state index in [1.807, 2.05) is 12.1 Å². The first-order valence-electron chi connectivity index (χ1n) is 7.82. The van der Waals surface area contributed by atoms with Gasteiger partial charge in [-0.15, -0.1) is 0 Å². The van der Waals surface area contributed by atoms with Gasteiger partial charge in [-0.3, -0.25) is 4.90 Å². The van der Waals surface area contributed by atoms with Crippen molar-refractivity contribution in [2.75, 3.05) is 19.6 Å². The van der Waals surface area contributed by atoms with Gasteiger partial charge in [0, 0.05) is 19.1 Å². The number of piperidine rings is 1. The molecule has 3 heteroatoms. The molecule has 0 atom stereocenters. The van der Waals surface area contributed by atoms with Gasteiger partial charge in [0.1, 0.15) is 0 Å². The summed E-state index contributed by atoms with van der Waals surface area (Å²) in [6.45, 7) is 9.23. The fraction of sp³-hybridized carbons (Fsp3) is 0.647. The molecule has 1 aromatic carbocycles. The molecule has 3 nitrogen and oxygen atoms in total. The van der Waals surface area contributed by atoms with Crippen molar-refractivity contribution in [3.63, 3.8) is 0 Å². The normalized spacial score (nSPS) is 17.1. The summed E-state index contributed by atoms with van der Waals surface area (Å²) in [6.07, 6.45) is 2.60. The molecule has 2 rings (SSSR count). The van der Waals surface area contributed by atoms with Crippen LogP contribution >= 0.6 is 0 Å². The van der Waals surface area contributed by atoms with Crippen LogP contribution in [0.15, 0.2) is 24.3 Å². The zero-order valence-electron chi connectivity index (χ0n) is 12.8. The Kier molecular flexibility index (Phi) is 6.02. The Morgan fingerprint density at radius 2 is 1.75 bits per heavy atom. The maximum atomic E-state index is 9.10. The number of aliphatic hydroxyl groups excluding tert-OH is 1. The molecule has 0 aromatic heterocycles. The number of aliphatic hydroxyl groups is 1. The molecule has 112 valence electrons. The summed E-state index contributed by atoms with van der Waals surface area (Å²) < 4.78 is 0. The second-order valence-electron chi connectivity index (χ2n) is 6.19. The van der Waals surface area contributed by atoms with Crippen LogP contribution in [0.1, 0.15) is 37.8 Å². The van der Waals surface area contributed by atoms with Crippen LogP contribution in [-0.4, -0.2) is 35.7 Å². The molecule has 0 bridgehead atoms. The average molecular weight is 276 g/mol. The Balaban J connectivity index is 1.93. The van der Waals surface area contributed by atoms with Gasteiger partial charge in [0.15, 0.2) is 0 Å². The third-order valence-corrected chi connectivity index (χ3v) is 4.27. The smallest absolute Gasteiger partial charge is 0.0681 e. The Morgan fingerprint density at radius 3 is 2.30 bits per heavy atom. The van der Waals surface area contributed by atoms with Crippen molar-refractivity contribution in [1.29, 1.82) is 0 Å². The minimum absolute atomic E-state index is 0.128. The maximum Gasteiger partial charge on any atom is 0.0681 e. The average Bonchev–Trinajstić information content (AvgIpc) is 2.48. The van der Waals surface area contributed by atoms with Crippen molar-refractivity contribution in [3.8, 4) is 0 Å². The van der Waals surface area contributed by atoms with E-state index >= 15 is 0 Å². The molecule has 20 heavy (non-hydrogen) atoms. The van der Waals surface area contributed by atoms with E-state index in [1.54, 1.807) is 0 Å². The van der Waals surface area contributed by atoms with Gasteiger partial charge in [0.2, 0.25) is 0 Å². The summed E-state index contributed by atoms with van der Waals surface area (Å²) in [5.41, 5.74) is 2.33. The summed E-state index contributed by atoms with van der Waals surface area (Å²) >= 11 is 0. The SMILES string of the molecule is CC(C)N(Cc1ccc(CO)cc1)CC1CCNCC1. The first kappa shape index (κ1) is 15.5. The second kappa shape index (κ2) is 7.77. The van der Waals surface area contributed by atoms with Gasteiger partial charge in [0.25, 0.3) is 0 Å². The van der Waals surface area contributed by atoms with Gasteiger partial charge in [-0.25, -0.2) is 0 Å². The molecular formula is C17H28N2O. The highest BCUT2D eigenvalue weighted by Crippen LogP contribution is 2.17. The Labute approximate surface area is 123 Å². The summed E-state index contributed by atoms with van der Waals surface area (Å²) in [6, 6.07) is 8.91. The molecule has 2 N–H and O–H groups in total. The molecule has 0 aliphatic carbocycles. The molecular weight excluding hydrogens is 248 g/mol. The van der Waals surface area contributed by atoms with Crippen LogP contribution in [0.25, 0.3) is 0 Å². The summed E-state index contributed by atoms with van der Waals surface area (Å²) in [5, 5.41) is 12.5. The third-order valence-electron chi connectivity index (χ3n) is 4.27. The number of nitrogens with zero attached hydrogens (tertiary/aromatic N) is 1. The fourth-order valence-corrected chi connectivity index (χ4v) is 2.84. The molecule has 0 saturated carbocycles. The van der Waals surface area contributed by atoms with Gasteiger partial charge in [0.05, 0.1) is 6.61 Å². The van der Waals surface area contributed by atoms with E-state index in [0.29, 0.717) is 6.04 Å². The number of benzene rings is 1. The molecule has 1 fully saturated rings. The van der Waals surface area contributed by atoms with Crippen molar-refractivity contribution in [1.82, 2.24) is 10.2 Å². The number of hydrogen-bond donors (Lipinski definition) is 2. The fourth-order valence-electron chi connectivity index (χ4n) is 2.84. The molecule has 1 aliphatic heterocycles. The van der Waals surface area contributed by atoms with Gasteiger partial charge < -0.3 is 10.4 Å². The van der Waals surface area contributed by atoms with Crippen LogP contribution in [-0.2, 0) is 13.2 Å². The van der Waals surface area contributed by atoms with E-state index in [1.165, 1.54) is 38.0 Å². The Morgan fingerprint density at radius 1 is 1.15 bits per heavy atom. The van der Waals surface area contributed by atoms with Crippen molar-refractivity contribution in [3.05, 3.63) is 35.4 Å². The predicted molar refractivity (Wildman–Crippen MR) is 83.5 cm³/mol. The first-order chi connectivity index (χ1) is 9.69. The van der Waals surface area contributed by atoms with Gasteiger partial charge >= 0.3 is 0 Å². The third kappa shape index (κ3) is 4.58. The number of nitrogens with one attached hydrogen (secondary N) is 1. The summed E-state index contributed by atoms with van der Waals surface area (Å²) in [5.74, 6) is 0.829. The summed E-state index contributed by atoms with van der Waals surface area (Å²) in [7, 11) is 0. The standard InChI is InChI=1S/C17H28N2O/c1-14(2)19(12-16-7-9-18-10-8-16)11-15-3-5-17(13-20)6-4-15/h3-6,14,16,18,20H,7-13H2,1-2H3. The lowest BCUT2D eigenvalue weighted by atomic mass is 9.96. The van der Waals surface area contributed by atoms with Crippen LogP contribution in [0.2, 0.25) is 0 Å². The molecule has 0 unspecified atom stereocenters. The monoisotopic (exact) mass is 276 g/mol. The zero-order valence-corrected chi connectivity index (χ0v) is 12.8. The van der Waals surface area contributed by atoms with Crippen molar-refractivity contribution < 1.29 is 5.11 Å². The lowest BCUT2D eigenvalue weighted by Gasteiger charge is -2.32. The van der Waals surface area contributed by atoms with Crippen LogP contribution in [0.4, 0.5) is 0 Å². The molecule has 0 spiro atoms. The topological polar surface area (TPSA) is 35.5 Å². The highest BCUT2D eigenvalue weighted by Gasteiger charge is 2.19. The second-order valence-corrected chi connectivity index (χ2v) is 6.19. The molecule has 0 radical (unpaired) electrons. The lowest BCUT2D eigenvalue weighted by molar-refractivity contribution is 0.162. The molecule has 0 amide bonds. The van der Waals surface area contributed by atoms with Crippen LogP contribution in [0.3, 0.4) is 0 Å². The summed E-state index contributed by atoms with van der Waals surface area (Å²) in [4.78, 5) is 2.57. The largest absolute Gasteiger partial charge is 0.392 e. The van der Waals surface area contributed by atoms with Crippen molar-refractivity contribution in [2.45, 2.75) is 45.9 Å². The van der Waals surface area contributed by atoms with Crippen molar-refractivity contribution in [2.24, 2.45) is 5.92 Å². The Hall–Kier alpha value is -0.900. The molecule has 1 aromatic rings. The minimum atomic E-state index is 0.128. The van der Waals surface area contributed by atoms with E-state index in [2.05, 4.69) is 36.2 Å². The van der Waals surface area contributed by atoms with Gasteiger partial charge in [-0.2, -0.15) is 0 Å². The highest BCUT2D eigenvalue weighted by molar-refractivity contribution is 5.21. The van der Waals surface area contributed by atoms with E-state index in [4.69, 9.17) is 5.11 Å². The number of hydrogen-bond acceptors (Lipinski definition) is 3. The van der Waals surface area contributed by atoms with Gasteiger partial charge in [-0.1, -0.05) is 24.3 Å². The quantitative estimate of drug-likeness (QED) is 0.837. The number of rotatable bonds is 6. The van der Waals surface area contributed by atoms with Gasteiger partial charge in [-0.05, 0) is 56.8 Å². The first-order valence-corrected chi connectivity index (χ1v) is 7.82. The molecule has 1 heterocycles. The van der Waals surface area contributed by atoms with E-state index in [9.17, 15) is 0 Å². The van der Waals surface area contributed by atoms with Crippen LogP contribution in [0, 0.1) is 5.92 Å². The molecule has 1 aliphatic rings. The highest BCUT2D eigenvalue weighted by atomic mass is 16.3. The van der Waals surface area contributed by atoms with E-state index < -0.39 is 0 Å². The molecule has 1 saturated heterocycles.